The van der Waals surface area contributed by atoms with Crippen LogP contribution in [-0.2, 0) is 13.0 Å². The van der Waals surface area contributed by atoms with Crippen molar-refractivity contribution in [3.63, 3.8) is 0 Å². The number of nitrogens with two attached hydrogens (primary N) is 1. The van der Waals surface area contributed by atoms with E-state index in [9.17, 15) is 4.79 Å². The molecule has 3 N–H and O–H groups in total. The van der Waals surface area contributed by atoms with Gasteiger partial charge >= 0.3 is 0 Å². The third-order valence-corrected chi connectivity index (χ3v) is 10.4. The number of halogens is 2. The van der Waals surface area contributed by atoms with Crippen LogP contribution in [0.25, 0.3) is 0 Å². The Balaban J connectivity index is 1.74. The van der Waals surface area contributed by atoms with Gasteiger partial charge in [-0.05, 0) is 58.2 Å². The number of fused-ring (bicyclic) bond motifs is 3. The van der Waals surface area contributed by atoms with Crippen LogP contribution >= 0.6 is 27.5 Å². The lowest BCUT2D eigenvalue weighted by atomic mass is 9.43. The number of hydrogen-bond donors (Lipinski definition) is 2. The second-order valence-corrected chi connectivity index (χ2v) is 11.9. The van der Waals surface area contributed by atoms with Crippen LogP contribution in [0.2, 0.25) is 0 Å². The fourth-order valence-electron chi connectivity index (χ4n) is 7.13. The van der Waals surface area contributed by atoms with E-state index >= 15 is 0 Å². The van der Waals surface area contributed by atoms with E-state index in [1.165, 1.54) is 12.0 Å². The van der Waals surface area contributed by atoms with E-state index < -0.39 is 0 Å². The number of amides is 1. The summed E-state index contributed by atoms with van der Waals surface area (Å²) in [5, 5.41) is 2.90. The van der Waals surface area contributed by atoms with Crippen LogP contribution in [0, 0.1) is 22.7 Å². The number of alkyl halides is 1. The molecule has 2 aliphatic carbocycles. The summed E-state index contributed by atoms with van der Waals surface area (Å²) in [4.78, 5) is 12.4. The summed E-state index contributed by atoms with van der Waals surface area (Å²) in [5.74, 6) is 1.73. The minimum absolute atomic E-state index is 0.0285. The molecule has 2 fully saturated rings. The molecule has 0 bridgehead atoms. The first-order valence-electron chi connectivity index (χ1n) is 10.7. The Morgan fingerprint density at radius 3 is 2.76 bits per heavy atom. The van der Waals surface area contributed by atoms with Gasteiger partial charge in [0, 0.05) is 40.4 Å². The monoisotopic (exact) mass is 480 g/mol. The predicted octanol–water partition coefficient (Wildman–Crippen LogP) is 4.78. The summed E-state index contributed by atoms with van der Waals surface area (Å²) >= 11 is 10.5. The number of rotatable bonds is 0. The molecule has 1 aromatic carbocycles. The molecular formula is C23H30BrClN2O2. The average Bonchev–Trinajstić information content (AvgIpc) is 3.03. The first-order chi connectivity index (χ1) is 13.5. The van der Waals surface area contributed by atoms with Crippen molar-refractivity contribution < 1.29 is 9.53 Å². The number of hydrogen-bond acceptors (Lipinski definition) is 3. The van der Waals surface area contributed by atoms with Crippen LogP contribution in [0.1, 0.15) is 68.4 Å². The third-order valence-electron chi connectivity index (χ3n) is 8.93. The number of ether oxygens (including phenoxy) is 1. The lowest BCUT2D eigenvalue weighted by molar-refractivity contribution is -0.212. The van der Waals surface area contributed by atoms with Crippen molar-refractivity contribution in [1.29, 1.82) is 0 Å². The lowest BCUT2D eigenvalue weighted by Gasteiger charge is -2.68. The zero-order valence-corrected chi connectivity index (χ0v) is 19.9. The van der Waals surface area contributed by atoms with Gasteiger partial charge < -0.3 is 15.8 Å². The van der Waals surface area contributed by atoms with Gasteiger partial charge in [-0.2, -0.15) is 0 Å². The van der Waals surface area contributed by atoms with E-state index in [0.29, 0.717) is 18.4 Å². The number of nitrogens with one attached hydrogen (secondary N) is 1. The topological polar surface area (TPSA) is 64.3 Å². The maximum absolute atomic E-state index is 12.4. The fourth-order valence-corrected chi connectivity index (χ4v) is 8.07. The Hall–Kier alpha value is -0.780. The Kier molecular flexibility index (Phi) is 4.26. The second kappa shape index (κ2) is 6.14. The summed E-state index contributed by atoms with van der Waals surface area (Å²) in [7, 11) is 0. The summed E-state index contributed by atoms with van der Waals surface area (Å²) in [6.45, 7) is 9.82. The van der Waals surface area contributed by atoms with Crippen LogP contribution in [-0.4, -0.2) is 22.9 Å². The van der Waals surface area contributed by atoms with E-state index in [2.05, 4.69) is 55.0 Å². The SMILES string of the molecule is C[C@H]1CC[C@H]2C(C)(C)[C@@H](Cl)C(N)CC23Oc2c(cc(Br)c4c2CNC4=O)C[C@]13C. The van der Waals surface area contributed by atoms with Crippen molar-refractivity contribution in [1.82, 2.24) is 5.32 Å². The zero-order valence-electron chi connectivity index (χ0n) is 17.6. The van der Waals surface area contributed by atoms with E-state index in [1.54, 1.807) is 0 Å². The van der Waals surface area contributed by atoms with E-state index in [1.807, 2.05) is 0 Å². The fraction of sp³-hybridized carbons (Fsp3) is 0.696. The van der Waals surface area contributed by atoms with Crippen molar-refractivity contribution in [2.45, 2.75) is 76.9 Å². The summed E-state index contributed by atoms with van der Waals surface area (Å²) in [6.07, 6.45) is 3.98. The van der Waals surface area contributed by atoms with Crippen molar-refractivity contribution in [2.24, 2.45) is 28.4 Å². The second-order valence-electron chi connectivity index (χ2n) is 10.6. The van der Waals surface area contributed by atoms with Gasteiger partial charge in [0.2, 0.25) is 0 Å². The van der Waals surface area contributed by atoms with Crippen molar-refractivity contribution in [2.75, 3.05) is 0 Å². The minimum Gasteiger partial charge on any atom is -0.486 e. The Bertz CT molecular complexity index is 919. The standard InChI is InChI=1S/C23H30BrClN2O2/c1-11-5-6-16-21(2,3)19(25)15(26)9-23(16)22(11,4)8-12-7-14(24)17-13(18(12)29-23)10-27-20(17)28/h7,11,15-16,19H,5-6,8-10,26H2,1-4H3,(H,27,28)/t11-,15?,16-,19-,22+,23?/m0/s1. The van der Waals surface area contributed by atoms with Crippen LogP contribution in [0.15, 0.2) is 10.5 Å². The largest absolute Gasteiger partial charge is 0.486 e. The van der Waals surface area contributed by atoms with Gasteiger partial charge in [-0.15, -0.1) is 11.6 Å². The highest BCUT2D eigenvalue weighted by atomic mass is 79.9. The van der Waals surface area contributed by atoms with Gasteiger partial charge in [-0.3, -0.25) is 4.79 Å². The quantitative estimate of drug-likeness (QED) is 0.524. The maximum atomic E-state index is 12.4. The molecule has 0 saturated heterocycles. The first-order valence-corrected chi connectivity index (χ1v) is 12.0. The molecule has 1 amide bonds. The van der Waals surface area contributed by atoms with Crippen LogP contribution in [0.4, 0.5) is 0 Å². The van der Waals surface area contributed by atoms with E-state index in [-0.39, 0.29) is 33.8 Å². The lowest BCUT2D eigenvalue weighted by Crippen LogP contribution is -2.73. The maximum Gasteiger partial charge on any atom is 0.253 e. The van der Waals surface area contributed by atoms with Crippen LogP contribution in [0.5, 0.6) is 5.75 Å². The Morgan fingerprint density at radius 2 is 2.03 bits per heavy atom. The third kappa shape index (κ3) is 2.38. The molecule has 0 aromatic heterocycles. The van der Waals surface area contributed by atoms with Gasteiger partial charge in [-0.1, -0.05) is 27.7 Å². The highest BCUT2D eigenvalue weighted by molar-refractivity contribution is 9.10. The molecule has 158 valence electrons. The van der Waals surface area contributed by atoms with Gasteiger partial charge in [0.05, 0.1) is 10.9 Å². The summed E-state index contributed by atoms with van der Waals surface area (Å²) in [5.41, 5.74) is 9.06. The summed E-state index contributed by atoms with van der Waals surface area (Å²) in [6, 6.07) is 1.99. The zero-order chi connectivity index (χ0) is 20.9. The molecule has 0 radical (unpaired) electrons. The van der Waals surface area contributed by atoms with Crippen molar-refractivity contribution in [3.05, 3.63) is 27.2 Å². The molecule has 1 spiro atoms. The van der Waals surface area contributed by atoms with Gasteiger partial charge in [-0.25, -0.2) is 0 Å². The van der Waals surface area contributed by atoms with Crippen molar-refractivity contribution in [3.8, 4) is 5.75 Å². The molecule has 2 unspecified atom stereocenters. The van der Waals surface area contributed by atoms with Crippen molar-refractivity contribution >= 4 is 33.4 Å². The number of carbonyl (C=O) groups is 1. The molecule has 6 atom stereocenters. The highest BCUT2D eigenvalue weighted by Gasteiger charge is 2.69. The molecule has 1 aromatic rings. The Labute approximate surface area is 186 Å². The molecule has 2 saturated carbocycles. The number of carbonyl (C=O) groups excluding carboxylic acids is 1. The average molecular weight is 482 g/mol. The van der Waals surface area contributed by atoms with E-state index in [0.717, 1.165) is 40.6 Å². The van der Waals surface area contributed by atoms with Crippen LogP contribution in [0.3, 0.4) is 0 Å². The molecule has 4 aliphatic rings. The Morgan fingerprint density at radius 1 is 1.31 bits per heavy atom. The smallest absolute Gasteiger partial charge is 0.253 e. The molecule has 2 heterocycles. The normalized spacial score (nSPS) is 42.1. The van der Waals surface area contributed by atoms with E-state index in [4.69, 9.17) is 22.1 Å². The molecule has 29 heavy (non-hydrogen) atoms. The molecule has 5 rings (SSSR count). The number of benzene rings is 1. The van der Waals surface area contributed by atoms with Crippen LogP contribution < -0.4 is 15.8 Å². The van der Waals surface area contributed by atoms with Gasteiger partial charge in [0.15, 0.2) is 0 Å². The summed E-state index contributed by atoms with van der Waals surface area (Å²) < 4.78 is 8.02. The molecule has 4 nitrogen and oxygen atoms in total. The molecule has 2 aliphatic heterocycles. The molecule has 6 heteroatoms. The van der Waals surface area contributed by atoms with Gasteiger partial charge in [0.25, 0.3) is 5.91 Å². The van der Waals surface area contributed by atoms with Gasteiger partial charge in [0.1, 0.15) is 11.4 Å². The first kappa shape index (κ1) is 20.1. The predicted molar refractivity (Wildman–Crippen MR) is 118 cm³/mol. The molecular weight excluding hydrogens is 452 g/mol. The highest BCUT2D eigenvalue weighted by Crippen LogP contribution is 2.66. The minimum atomic E-state index is -0.362.